The molecule has 3 aliphatic heterocycles. The van der Waals surface area contributed by atoms with Crippen molar-refractivity contribution < 1.29 is 4.79 Å². The average Bonchev–Trinajstić information content (AvgIpc) is 3.46. The molecule has 1 N–H and O–H groups in total. The van der Waals surface area contributed by atoms with Gasteiger partial charge in [0.25, 0.3) is 0 Å². The normalized spacial score (nSPS) is 20.9. The fourth-order valence-corrected chi connectivity index (χ4v) is 6.15. The number of fused-ring (bicyclic) bond motifs is 2. The molecule has 3 fully saturated rings. The zero-order valence-corrected chi connectivity index (χ0v) is 19.5. The zero-order chi connectivity index (χ0) is 22.7. The number of nitrogens with one attached hydrogen (secondary N) is 1. The maximum absolute atomic E-state index is 13.4. The maximum Gasteiger partial charge on any atom is 0.169 e. The number of ketones is 1. The highest BCUT2D eigenvalue weighted by Gasteiger charge is 2.39. The average molecular weight is 451 g/mol. The van der Waals surface area contributed by atoms with Crippen molar-refractivity contribution in [2.45, 2.75) is 38.5 Å². The molecule has 7 rings (SSSR count). The number of anilines is 1. The Balaban J connectivity index is 1.33. The Kier molecular flexibility index (Phi) is 4.63. The molecule has 4 aliphatic rings. The van der Waals surface area contributed by atoms with E-state index in [1.165, 1.54) is 30.4 Å². The van der Waals surface area contributed by atoms with Gasteiger partial charge in [-0.05, 0) is 79.0 Å². The fraction of sp³-hybridized carbons (Fsp3) is 0.414. The summed E-state index contributed by atoms with van der Waals surface area (Å²) in [4.78, 5) is 25.1. The Morgan fingerprint density at radius 3 is 2.65 bits per heavy atom. The van der Waals surface area contributed by atoms with Gasteiger partial charge >= 0.3 is 0 Å². The zero-order valence-electron chi connectivity index (χ0n) is 19.5. The van der Waals surface area contributed by atoms with Gasteiger partial charge in [-0.15, -0.1) is 0 Å². The Bertz CT molecular complexity index is 1320. The number of carbonyl (C=O) groups excluding carboxylic acids is 1. The van der Waals surface area contributed by atoms with Gasteiger partial charge in [0.2, 0.25) is 0 Å². The number of pyridine rings is 1. The number of benzene rings is 2. The summed E-state index contributed by atoms with van der Waals surface area (Å²) in [6.45, 7) is 4.28. The molecule has 0 bridgehead atoms. The van der Waals surface area contributed by atoms with Gasteiger partial charge in [-0.25, -0.2) is 0 Å². The second-order valence-electron chi connectivity index (χ2n) is 10.7. The van der Waals surface area contributed by atoms with Gasteiger partial charge in [0.05, 0.1) is 22.5 Å². The van der Waals surface area contributed by atoms with E-state index in [0.29, 0.717) is 5.41 Å². The summed E-state index contributed by atoms with van der Waals surface area (Å²) in [6.07, 6.45) is 10.4. The third-order valence-electron chi connectivity index (χ3n) is 8.49. The fourth-order valence-electron chi connectivity index (χ4n) is 6.15. The Labute approximate surface area is 200 Å². The quantitative estimate of drug-likeness (QED) is 0.546. The minimum absolute atomic E-state index is 0.186. The van der Waals surface area contributed by atoms with Crippen LogP contribution in [0.3, 0.4) is 0 Å². The number of nitrogens with zero attached hydrogens (tertiary/aromatic N) is 3. The third kappa shape index (κ3) is 3.37. The van der Waals surface area contributed by atoms with Crippen molar-refractivity contribution in [1.29, 1.82) is 0 Å². The van der Waals surface area contributed by atoms with E-state index in [-0.39, 0.29) is 11.7 Å². The van der Waals surface area contributed by atoms with Crippen LogP contribution in [0, 0.1) is 11.3 Å². The van der Waals surface area contributed by atoms with Gasteiger partial charge in [-0.2, -0.15) is 0 Å². The summed E-state index contributed by atoms with van der Waals surface area (Å²) >= 11 is 0. The van der Waals surface area contributed by atoms with E-state index in [2.05, 4.69) is 51.6 Å². The van der Waals surface area contributed by atoms with Gasteiger partial charge in [0.15, 0.2) is 5.78 Å². The molecule has 0 amide bonds. The van der Waals surface area contributed by atoms with Crippen LogP contribution in [-0.4, -0.2) is 43.2 Å². The van der Waals surface area contributed by atoms with Crippen LogP contribution < -0.4 is 10.2 Å². The summed E-state index contributed by atoms with van der Waals surface area (Å²) in [5, 5.41) is 4.68. The lowest BCUT2D eigenvalue weighted by Crippen LogP contribution is -2.42. The number of carbonyl (C=O) groups is 1. The standard InChI is InChI=1S/C29H30N4O/c34-28(20-2-3-20)24-17-32-25-6-5-21(22-4-1-19-7-11-31-26(19)16-22)15-23(25)27(24)33-13-9-29(10-14-33)8-12-30-18-29/h1,4-6,11,15-17,20,30H,2-3,7-10,12-14,18H2. The van der Waals surface area contributed by atoms with Crippen LogP contribution >= 0.6 is 0 Å². The first-order valence-electron chi connectivity index (χ1n) is 12.8. The van der Waals surface area contributed by atoms with E-state index in [1.807, 2.05) is 12.4 Å². The number of Topliss-reactive ketones (excluding diaryl/α,β-unsaturated/α-hetero) is 1. The highest BCUT2D eigenvalue weighted by atomic mass is 16.1. The first-order valence-corrected chi connectivity index (χ1v) is 12.8. The minimum Gasteiger partial charge on any atom is -0.370 e. The molecule has 2 saturated heterocycles. The molecule has 1 aromatic heterocycles. The predicted octanol–water partition coefficient (Wildman–Crippen LogP) is 5.33. The number of hydrogen-bond donors (Lipinski definition) is 1. The van der Waals surface area contributed by atoms with Crippen LogP contribution in [0.25, 0.3) is 22.0 Å². The molecule has 5 heteroatoms. The van der Waals surface area contributed by atoms with Crippen LogP contribution in [-0.2, 0) is 6.42 Å². The summed E-state index contributed by atoms with van der Waals surface area (Å²) in [6, 6.07) is 13.1. The molecular formula is C29H30N4O. The van der Waals surface area contributed by atoms with Gasteiger partial charge < -0.3 is 10.2 Å². The molecule has 1 spiro atoms. The Morgan fingerprint density at radius 2 is 1.85 bits per heavy atom. The van der Waals surface area contributed by atoms with Gasteiger partial charge in [0, 0.05) is 49.8 Å². The second-order valence-corrected chi connectivity index (χ2v) is 10.7. The largest absolute Gasteiger partial charge is 0.370 e. The molecule has 1 saturated carbocycles. The van der Waals surface area contributed by atoms with Crippen molar-refractivity contribution in [2.75, 3.05) is 31.1 Å². The molecule has 4 heterocycles. The van der Waals surface area contributed by atoms with Crippen molar-refractivity contribution in [3.63, 3.8) is 0 Å². The van der Waals surface area contributed by atoms with E-state index in [4.69, 9.17) is 4.98 Å². The molecule has 5 nitrogen and oxygen atoms in total. The summed E-state index contributed by atoms with van der Waals surface area (Å²) in [7, 11) is 0. The molecule has 0 atom stereocenters. The monoisotopic (exact) mass is 450 g/mol. The Morgan fingerprint density at radius 1 is 1.03 bits per heavy atom. The van der Waals surface area contributed by atoms with Crippen LogP contribution in [0.15, 0.2) is 47.6 Å². The molecule has 0 radical (unpaired) electrons. The van der Waals surface area contributed by atoms with Crippen molar-refractivity contribution in [3.05, 3.63) is 53.7 Å². The predicted molar refractivity (Wildman–Crippen MR) is 137 cm³/mol. The lowest BCUT2D eigenvalue weighted by molar-refractivity contribution is 0.0967. The van der Waals surface area contributed by atoms with E-state index in [0.717, 1.165) is 78.8 Å². The van der Waals surface area contributed by atoms with E-state index < -0.39 is 0 Å². The molecule has 2 aromatic carbocycles. The van der Waals surface area contributed by atoms with Crippen LogP contribution in [0.1, 0.15) is 48.0 Å². The smallest absolute Gasteiger partial charge is 0.169 e. The highest BCUT2D eigenvalue weighted by Crippen LogP contribution is 2.43. The van der Waals surface area contributed by atoms with Gasteiger partial charge in [-0.1, -0.05) is 18.2 Å². The molecule has 3 aromatic rings. The van der Waals surface area contributed by atoms with Crippen molar-refractivity contribution in [2.24, 2.45) is 16.3 Å². The number of aliphatic imine (C=N–C) groups is 1. The molecule has 0 unspecified atom stereocenters. The van der Waals surface area contributed by atoms with Crippen LogP contribution in [0.2, 0.25) is 0 Å². The van der Waals surface area contributed by atoms with E-state index in [9.17, 15) is 4.79 Å². The molecule has 34 heavy (non-hydrogen) atoms. The third-order valence-corrected chi connectivity index (χ3v) is 8.49. The Hall–Kier alpha value is -3.05. The molecule has 172 valence electrons. The van der Waals surface area contributed by atoms with Crippen molar-refractivity contribution in [1.82, 2.24) is 10.3 Å². The SMILES string of the molecule is O=C(c1cnc2ccc(-c3ccc4c(c3)N=CC4)cc2c1N1CCC2(CCNC2)CC1)C1CC1. The first-order chi connectivity index (χ1) is 16.7. The first kappa shape index (κ1) is 20.3. The summed E-state index contributed by atoms with van der Waals surface area (Å²) < 4.78 is 0. The van der Waals surface area contributed by atoms with Crippen LogP contribution in [0.5, 0.6) is 0 Å². The lowest BCUT2D eigenvalue weighted by Gasteiger charge is -2.41. The highest BCUT2D eigenvalue weighted by molar-refractivity contribution is 6.10. The second kappa shape index (κ2) is 7.74. The summed E-state index contributed by atoms with van der Waals surface area (Å²) in [5.41, 5.74) is 8.02. The molecular weight excluding hydrogens is 420 g/mol. The van der Waals surface area contributed by atoms with Gasteiger partial charge in [-0.3, -0.25) is 14.8 Å². The van der Waals surface area contributed by atoms with Crippen molar-refractivity contribution in [3.8, 4) is 11.1 Å². The van der Waals surface area contributed by atoms with E-state index >= 15 is 0 Å². The minimum atomic E-state index is 0.186. The number of rotatable bonds is 4. The number of piperidine rings is 1. The lowest BCUT2D eigenvalue weighted by atomic mass is 9.77. The van der Waals surface area contributed by atoms with E-state index in [1.54, 1.807) is 0 Å². The maximum atomic E-state index is 13.4. The number of aromatic nitrogens is 1. The summed E-state index contributed by atoms with van der Waals surface area (Å²) in [5.74, 6) is 0.468. The topological polar surface area (TPSA) is 57.6 Å². The molecule has 1 aliphatic carbocycles. The van der Waals surface area contributed by atoms with Gasteiger partial charge in [0.1, 0.15) is 0 Å². The van der Waals surface area contributed by atoms with Crippen molar-refractivity contribution >= 4 is 34.3 Å². The van der Waals surface area contributed by atoms with Crippen LogP contribution in [0.4, 0.5) is 11.4 Å². The number of hydrogen-bond acceptors (Lipinski definition) is 5.